The maximum atomic E-state index is 11.1. The minimum absolute atomic E-state index is 0.0446. The van der Waals surface area contributed by atoms with Crippen LogP contribution in [0.2, 0.25) is 0 Å². The third-order valence-electron chi connectivity index (χ3n) is 1.64. The van der Waals surface area contributed by atoms with Crippen LogP contribution in [0.1, 0.15) is 13.3 Å². The van der Waals surface area contributed by atoms with E-state index in [4.69, 9.17) is 10.5 Å². The number of carbonyl (C=O) groups is 1. The van der Waals surface area contributed by atoms with E-state index in [1.54, 1.807) is 13.0 Å². The molecule has 0 spiro atoms. The Kier molecular flexibility index (Phi) is 3.05. The summed E-state index contributed by atoms with van der Waals surface area (Å²) in [5.41, 5.74) is 6.20. The molecule has 1 atom stereocenters. The second kappa shape index (κ2) is 4.07. The number of hydrogen-bond acceptors (Lipinski definition) is 3. The van der Waals surface area contributed by atoms with Gasteiger partial charge in [0.25, 0.3) is 0 Å². The van der Waals surface area contributed by atoms with Crippen LogP contribution >= 0.6 is 0 Å². The first kappa shape index (κ1) is 9.00. The molecule has 0 fully saturated rings. The predicted octanol–water partition coefficient (Wildman–Crippen LogP) is 0.763. The van der Waals surface area contributed by atoms with E-state index in [0.717, 1.165) is 0 Å². The van der Waals surface area contributed by atoms with E-state index < -0.39 is 0 Å². The van der Waals surface area contributed by atoms with Gasteiger partial charge in [-0.1, -0.05) is 18.2 Å². The summed E-state index contributed by atoms with van der Waals surface area (Å²) in [6.45, 7) is 2.20. The van der Waals surface area contributed by atoms with Crippen molar-refractivity contribution in [3.8, 4) is 0 Å². The van der Waals surface area contributed by atoms with Gasteiger partial charge in [-0.25, -0.2) is 4.79 Å². The molecule has 2 N–H and O–H groups in total. The molecular weight excluding hydrogens is 154 g/mol. The number of nitrogens with two attached hydrogens (primary N) is 1. The van der Waals surface area contributed by atoms with E-state index in [9.17, 15) is 4.79 Å². The van der Waals surface area contributed by atoms with Gasteiger partial charge in [-0.05, 0) is 13.3 Å². The Bertz CT molecular complexity index is 231. The van der Waals surface area contributed by atoms with Gasteiger partial charge in [0, 0.05) is 6.04 Å². The molecule has 1 unspecified atom stereocenters. The van der Waals surface area contributed by atoms with Gasteiger partial charge < -0.3 is 10.5 Å². The summed E-state index contributed by atoms with van der Waals surface area (Å²) in [7, 11) is 0. The summed E-state index contributed by atoms with van der Waals surface area (Å²) >= 11 is 0. The van der Waals surface area contributed by atoms with Crippen LogP contribution in [0.5, 0.6) is 0 Å². The maximum Gasteiger partial charge on any atom is 0.337 e. The third kappa shape index (κ3) is 2.20. The Morgan fingerprint density at radius 3 is 3.08 bits per heavy atom. The summed E-state index contributed by atoms with van der Waals surface area (Å²) < 4.78 is 4.82. The fourth-order valence-corrected chi connectivity index (χ4v) is 1.00. The molecule has 0 bridgehead atoms. The second-order valence-corrected chi connectivity index (χ2v) is 2.64. The summed E-state index contributed by atoms with van der Waals surface area (Å²) in [6, 6.07) is 0.0446. The van der Waals surface area contributed by atoms with Gasteiger partial charge in [-0.2, -0.15) is 0 Å². The summed E-state index contributed by atoms with van der Waals surface area (Å²) in [5, 5.41) is 0. The van der Waals surface area contributed by atoms with Crippen LogP contribution in [0, 0.1) is 0 Å². The molecule has 0 aromatic rings. The van der Waals surface area contributed by atoms with Crippen molar-refractivity contribution in [2.45, 2.75) is 19.4 Å². The fourth-order valence-electron chi connectivity index (χ4n) is 1.00. The molecule has 0 saturated heterocycles. The average Bonchev–Trinajstić information content (AvgIpc) is 2.06. The molecule has 0 aromatic heterocycles. The number of ether oxygens (including phenoxy) is 1. The normalized spacial score (nSPS) is 21.8. The molecule has 0 saturated carbocycles. The van der Waals surface area contributed by atoms with Crippen LogP contribution in [-0.2, 0) is 9.53 Å². The van der Waals surface area contributed by atoms with E-state index in [2.05, 4.69) is 0 Å². The average molecular weight is 167 g/mol. The predicted molar refractivity (Wildman–Crippen MR) is 46.4 cm³/mol. The van der Waals surface area contributed by atoms with Crippen molar-refractivity contribution in [1.82, 2.24) is 0 Å². The van der Waals surface area contributed by atoms with Crippen LogP contribution in [0.15, 0.2) is 23.8 Å². The lowest BCUT2D eigenvalue weighted by Gasteiger charge is -2.10. The van der Waals surface area contributed by atoms with Gasteiger partial charge in [-0.3, -0.25) is 0 Å². The molecule has 1 aliphatic carbocycles. The van der Waals surface area contributed by atoms with Crippen molar-refractivity contribution >= 4 is 5.97 Å². The van der Waals surface area contributed by atoms with Crippen LogP contribution in [0.3, 0.4) is 0 Å². The van der Waals surface area contributed by atoms with E-state index in [-0.39, 0.29) is 12.0 Å². The summed E-state index contributed by atoms with van der Waals surface area (Å²) in [5.74, 6) is -0.263. The molecule has 66 valence electrons. The third-order valence-corrected chi connectivity index (χ3v) is 1.64. The molecule has 3 heteroatoms. The number of hydrogen-bond donors (Lipinski definition) is 1. The first-order chi connectivity index (χ1) is 5.74. The van der Waals surface area contributed by atoms with Gasteiger partial charge in [-0.15, -0.1) is 0 Å². The molecular formula is C9H13NO2. The van der Waals surface area contributed by atoms with Crippen LogP contribution < -0.4 is 5.73 Å². The molecule has 1 rings (SSSR count). The smallest absolute Gasteiger partial charge is 0.337 e. The lowest BCUT2D eigenvalue weighted by atomic mass is 10.0. The van der Waals surface area contributed by atoms with Gasteiger partial charge in [0.1, 0.15) is 0 Å². The summed E-state index contributed by atoms with van der Waals surface area (Å²) in [4.78, 5) is 11.1. The lowest BCUT2D eigenvalue weighted by Crippen LogP contribution is -2.19. The van der Waals surface area contributed by atoms with Gasteiger partial charge in [0.2, 0.25) is 0 Å². The van der Waals surface area contributed by atoms with Crippen molar-refractivity contribution in [2.24, 2.45) is 5.73 Å². The highest BCUT2D eigenvalue weighted by molar-refractivity contribution is 5.91. The zero-order chi connectivity index (χ0) is 8.97. The largest absolute Gasteiger partial charge is 0.462 e. The Hall–Kier alpha value is -1.09. The maximum absolute atomic E-state index is 11.1. The van der Waals surface area contributed by atoms with Crippen molar-refractivity contribution < 1.29 is 9.53 Å². The van der Waals surface area contributed by atoms with Crippen molar-refractivity contribution in [3.63, 3.8) is 0 Å². The monoisotopic (exact) mass is 167 g/mol. The number of carbonyl (C=O) groups excluding carboxylic acids is 1. The second-order valence-electron chi connectivity index (χ2n) is 2.64. The van der Waals surface area contributed by atoms with E-state index >= 15 is 0 Å². The van der Waals surface area contributed by atoms with Gasteiger partial charge in [0.15, 0.2) is 0 Å². The number of rotatable bonds is 2. The van der Waals surface area contributed by atoms with Gasteiger partial charge >= 0.3 is 5.97 Å². The van der Waals surface area contributed by atoms with Crippen molar-refractivity contribution in [2.75, 3.05) is 6.61 Å². The SMILES string of the molecule is CCOC(=O)C1=CCC(N)C=C1. The molecule has 0 aromatic carbocycles. The van der Waals surface area contributed by atoms with Crippen molar-refractivity contribution in [3.05, 3.63) is 23.8 Å². The minimum Gasteiger partial charge on any atom is -0.462 e. The van der Waals surface area contributed by atoms with E-state index in [0.29, 0.717) is 18.6 Å². The molecule has 12 heavy (non-hydrogen) atoms. The fraction of sp³-hybridized carbons (Fsp3) is 0.444. The van der Waals surface area contributed by atoms with E-state index in [1.165, 1.54) is 0 Å². The van der Waals surface area contributed by atoms with Crippen LogP contribution in [0.4, 0.5) is 0 Å². The molecule has 0 aliphatic heterocycles. The standard InChI is InChI=1S/C9H13NO2/c1-2-12-9(11)7-3-5-8(10)6-4-7/h3-5,8H,2,6,10H2,1H3. The molecule has 0 radical (unpaired) electrons. The lowest BCUT2D eigenvalue weighted by molar-refractivity contribution is -0.138. The highest BCUT2D eigenvalue weighted by atomic mass is 16.5. The quantitative estimate of drug-likeness (QED) is 0.618. The zero-order valence-electron chi connectivity index (χ0n) is 7.12. The van der Waals surface area contributed by atoms with E-state index in [1.807, 2.05) is 12.2 Å². The Balaban J connectivity index is 2.54. The highest BCUT2D eigenvalue weighted by Gasteiger charge is 2.11. The summed E-state index contributed by atoms with van der Waals surface area (Å²) in [6.07, 6.45) is 6.05. The first-order valence-corrected chi connectivity index (χ1v) is 4.05. The first-order valence-electron chi connectivity index (χ1n) is 4.05. The van der Waals surface area contributed by atoms with Crippen molar-refractivity contribution in [1.29, 1.82) is 0 Å². The van der Waals surface area contributed by atoms with Crippen LogP contribution in [-0.4, -0.2) is 18.6 Å². The highest BCUT2D eigenvalue weighted by Crippen LogP contribution is 2.10. The molecule has 3 nitrogen and oxygen atoms in total. The van der Waals surface area contributed by atoms with Gasteiger partial charge in [0.05, 0.1) is 12.2 Å². The molecule has 1 aliphatic rings. The van der Waals surface area contributed by atoms with Crippen LogP contribution in [0.25, 0.3) is 0 Å². The molecule has 0 heterocycles. The Labute approximate surface area is 71.9 Å². The Morgan fingerprint density at radius 2 is 2.58 bits per heavy atom. The minimum atomic E-state index is -0.263. The topological polar surface area (TPSA) is 52.3 Å². The zero-order valence-corrected chi connectivity index (χ0v) is 7.12. The molecule has 0 amide bonds. The number of esters is 1. The Morgan fingerprint density at radius 1 is 1.83 bits per heavy atom.